The van der Waals surface area contributed by atoms with Crippen LogP contribution in [-0.2, 0) is 9.63 Å². The van der Waals surface area contributed by atoms with Crippen LogP contribution in [-0.4, -0.2) is 19.1 Å². The molecular formula is C6H14N2O2. The Morgan fingerprint density at radius 3 is 2.80 bits per heavy atom. The molecular weight excluding hydrogens is 132 g/mol. The Bertz CT molecular complexity index is 104. The Morgan fingerprint density at radius 1 is 1.80 bits per heavy atom. The van der Waals surface area contributed by atoms with E-state index in [0.717, 1.165) is 0 Å². The van der Waals surface area contributed by atoms with Gasteiger partial charge in [-0.3, -0.25) is 9.63 Å². The fourth-order valence-corrected chi connectivity index (χ4v) is 0.524. The van der Waals surface area contributed by atoms with Gasteiger partial charge in [0.1, 0.15) is 0 Å². The molecule has 0 bridgehead atoms. The molecule has 4 nitrogen and oxygen atoms in total. The first-order valence-corrected chi connectivity index (χ1v) is 3.24. The van der Waals surface area contributed by atoms with Crippen LogP contribution in [0.3, 0.4) is 0 Å². The number of amides is 1. The molecule has 0 aromatic carbocycles. The topological polar surface area (TPSA) is 64.3 Å². The number of hydrogen-bond donors (Lipinski definition) is 2. The van der Waals surface area contributed by atoms with E-state index in [1.165, 1.54) is 7.11 Å². The molecule has 3 N–H and O–H groups in total. The zero-order valence-electron chi connectivity index (χ0n) is 6.39. The molecule has 1 atom stereocenters. The molecule has 0 aromatic rings. The third-order valence-corrected chi connectivity index (χ3v) is 1.04. The molecule has 60 valence electrons. The minimum atomic E-state index is -0.125. The highest BCUT2D eigenvalue weighted by atomic mass is 16.6. The summed E-state index contributed by atoms with van der Waals surface area (Å²) in [5.74, 6) is -0.125. The first kappa shape index (κ1) is 9.39. The van der Waals surface area contributed by atoms with Crippen molar-refractivity contribution in [2.24, 2.45) is 5.73 Å². The fraction of sp³-hybridized carbons (Fsp3) is 0.833. The van der Waals surface area contributed by atoms with Gasteiger partial charge in [0.25, 0.3) is 0 Å². The van der Waals surface area contributed by atoms with Crippen molar-refractivity contribution in [1.29, 1.82) is 0 Å². The van der Waals surface area contributed by atoms with Gasteiger partial charge in [-0.25, -0.2) is 5.48 Å². The number of nitrogens with two attached hydrogens (primary N) is 1. The SMILES string of the molecule is CONC(=O)CCC(C)N. The summed E-state index contributed by atoms with van der Waals surface area (Å²) in [5, 5.41) is 0. The third-order valence-electron chi connectivity index (χ3n) is 1.04. The maximum absolute atomic E-state index is 10.7. The molecule has 0 saturated carbocycles. The van der Waals surface area contributed by atoms with Crippen LogP contribution in [0.4, 0.5) is 0 Å². The van der Waals surface area contributed by atoms with E-state index in [2.05, 4.69) is 10.3 Å². The molecule has 0 heterocycles. The average molecular weight is 146 g/mol. The van der Waals surface area contributed by atoms with Crippen LogP contribution in [0.25, 0.3) is 0 Å². The lowest BCUT2D eigenvalue weighted by atomic mass is 10.2. The number of carbonyl (C=O) groups excluding carboxylic acids is 1. The number of carbonyl (C=O) groups is 1. The second kappa shape index (κ2) is 5.20. The van der Waals surface area contributed by atoms with E-state index in [-0.39, 0.29) is 11.9 Å². The van der Waals surface area contributed by atoms with Gasteiger partial charge in [0.05, 0.1) is 7.11 Å². The van der Waals surface area contributed by atoms with E-state index < -0.39 is 0 Å². The lowest BCUT2D eigenvalue weighted by Gasteiger charge is -2.03. The molecule has 0 aromatic heterocycles. The normalized spacial score (nSPS) is 12.7. The van der Waals surface area contributed by atoms with Gasteiger partial charge in [-0.1, -0.05) is 0 Å². The molecule has 0 saturated heterocycles. The standard InChI is InChI=1S/C6H14N2O2/c1-5(7)3-4-6(9)8-10-2/h5H,3-4,7H2,1-2H3,(H,8,9). The van der Waals surface area contributed by atoms with Gasteiger partial charge in [0.15, 0.2) is 0 Å². The summed E-state index contributed by atoms with van der Waals surface area (Å²) in [5.41, 5.74) is 7.62. The molecule has 1 amide bonds. The lowest BCUT2D eigenvalue weighted by Crippen LogP contribution is -2.24. The highest BCUT2D eigenvalue weighted by Crippen LogP contribution is 1.91. The highest BCUT2D eigenvalue weighted by molar-refractivity contribution is 5.74. The van der Waals surface area contributed by atoms with E-state index in [1.807, 2.05) is 6.92 Å². The summed E-state index contributed by atoms with van der Waals surface area (Å²) < 4.78 is 0. The average Bonchev–Trinajstić information content (AvgIpc) is 1.85. The van der Waals surface area contributed by atoms with Crippen LogP contribution in [0.5, 0.6) is 0 Å². The highest BCUT2D eigenvalue weighted by Gasteiger charge is 2.01. The monoisotopic (exact) mass is 146 g/mol. The molecule has 0 fully saturated rings. The van der Waals surface area contributed by atoms with Crippen LogP contribution in [0.15, 0.2) is 0 Å². The van der Waals surface area contributed by atoms with Gasteiger partial charge in [-0.05, 0) is 13.3 Å². The van der Waals surface area contributed by atoms with E-state index in [4.69, 9.17) is 5.73 Å². The summed E-state index contributed by atoms with van der Waals surface area (Å²) in [6.07, 6.45) is 1.11. The summed E-state index contributed by atoms with van der Waals surface area (Å²) >= 11 is 0. The van der Waals surface area contributed by atoms with Crippen molar-refractivity contribution in [2.75, 3.05) is 7.11 Å². The molecule has 1 unspecified atom stereocenters. The molecule has 0 aliphatic heterocycles. The van der Waals surface area contributed by atoms with Crippen molar-refractivity contribution in [1.82, 2.24) is 5.48 Å². The minimum absolute atomic E-state index is 0.0719. The second-order valence-corrected chi connectivity index (χ2v) is 2.25. The van der Waals surface area contributed by atoms with Gasteiger partial charge in [-0.15, -0.1) is 0 Å². The molecule has 4 heteroatoms. The zero-order chi connectivity index (χ0) is 7.98. The van der Waals surface area contributed by atoms with Crippen LogP contribution >= 0.6 is 0 Å². The third kappa shape index (κ3) is 5.53. The molecule has 0 spiro atoms. The van der Waals surface area contributed by atoms with Crippen molar-refractivity contribution < 1.29 is 9.63 Å². The van der Waals surface area contributed by atoms with Crippen LogP contribution in [0, 0.1) is 0 Å². The quantitative estimate of drug-likeness (QED) is 0.539. The fourth-order valence-electron chi connectivity index (χ4n) is 0.524. The number of hydroxylamine groups is 1. The predicted octanol–water partition coefficient (Wildman–Crippen LogP) is -0.209. The van der Waals surface area contributed by atoms with Gasteiger partial charge in [-0.2, -0.15) is 0 Å². The Balaban J connectivity index is 3.22. The van der Waals surface area contributed by atoms with E-state index in [0.29, 0.717) is 12.8 Å². The smallest absolute Gasteiger partial charge is 0.243 e. The van der Waals surface area contributed by atoms with Crippen LogP contribution < -0.4 is 11.2 Å². The summed E-state index contributed by atoms with van der Waals surface area (Å²) in [6.45, 7) is 1.86. The first-order valence-electron chi connectivity index (χ1n) is 3.24. The zero-order valence-corrected chi connectivity index (χ0v) is 6.39. The number of hydrogen-bond acceptors (Lipinski definition) is 3. The summed E-state index contributed by atoms with van der Waals surface area (Å²) in [4.78, 5) is 15.1. The molecule has 0 aliphatic rings. The second-order valence-electron chi connectivity index (χ2n) is 2.25. The van der Waals surface area contributed by atoms with Gasteiger partial charge >= 0.3 is 0 Å². The number of rotatable bonds is 4. The van der Waals surface area contributed by atoms with E-state index in [1.54, 1.807) is 0 Å². The lowest BCUT2D eigenvalue weighted by molar-refractivity contribution is -0.131. The summed E-state index contributed by atoms with van der Waals surface area (Å²) in [6, 6.07) is 0.0719. The Morgan fingerprint density at radius 2 is 2.40 bits per heavy atom. The molecule has 0 radical (unpaired) electrons. The first-order chi connectivity index (χ1) is 4.66. The maximum atomic E-state index is 10.7. The van der Waals surface area contributed by atoms with Crippen LogP contribution in [0.2, 0.25) is 0 Å². The van der Waals surface area contributed by atoms with E-state index in [9.17, 15) is 4.79 Å². The molecule has 10 heavy (non-hydrogen) atoms. The largest absolute Gasteiger partial charge is 0.328 e. The van der Waals surface area contributed by atoms with Gasteiger partial charge < -0.3 is 5.73 Å². The predicted molar refractivity (Wildman–Crippen MR) is 38.0 cm³/mol. The number of nitrogens with one attached hydrogen (secondary N) is 1. The molecule has 0 aliphatic carbocycles. The van der Waals surface area contributed by atoms with Crippen molar-refractivity contribution in [3.63, 3.8) is 0 Å². The van der Waals surface area contributed by atoms with Crippen molar-refractivity contribution in [2.45, 2.75) is 25.8 Å². The van der Waals surface area contributed by atoms with E-state index >= 15 is 0 Å². The Hall–Kier alpha value is -0.610. The maximum Gasteiger partial charge on any atom is 0.243 e. The summed E-state index contributed by atoms with van der Waals surface area (Å²) in [7, 11) is 1.41. The van der Waals surface area contributed by atoms with Crippen LogP contribution in [0.1, 0.15) is 19.8 Å². The van der Waals surface area contributed by atoms with Gasteiger partial charge in [0.2, 0.25) is 5.91 Å². The Labute approximate surface area is 60.7 Å². The Kier molecular flexibility index (Phi) is 4.88. The van der Waals surface area contributed by atoms with Crippen molar-refractivity contribution in [3.8, 4) is 0 Å². The van der Waals surface area contributed by atoms with Crippen molar-refractivity contribution in [3.05, 3.63) is 0 Å². The van der Waals surface area contributed by atoms with Gasteiger partial charge in [0, 0.05) is 12.5 Å². The minimum Gasteiger partial charge on any atom is -0.328 e. The molecule has 0 rings (SSSR count). The van der Waals surface area contributed by atoms with Crippen molar-refractivity contribution >= 4 is 5.91 Å².